The number of ether oxygens (including phenoxy) is 1. The molecule has 2 N–H and O–H groups in total. The lowest BCUT2D eigenvalue weighted by atomic mass is 10.2. The van der Waals surface area contributed by atoms with Crippen molar-refractivity contribution in [2.75, 3.05) is 17.2 Å². The maximum absolute atomic E-state index is 12.8. The number of halogens is 6. The molecule has 172 valence electrons. The third kappa shape index (κ3) is 8.33. The van der Waals surface area contributed by atoms with Gasteiger partial charge in [0.2, 0.25) is 5.91 Å². The third-order valence-electron chi connectivity index (χ3n) is 3.92. The Balaban J connectivity index is 1.73. The number of nitrogens with one attached hydrogen (secondary N) is 2. The van der Waals surface area contributed by atoms with Crippen molar-refractivity contribution in [3.8, 4) is 0 Å². The molecule has 0 bridgehead atoms. The van der Waals surface area contributed by atoms with E-state index in [4.69, 9.17) is 27.9 Å². The first-order valence-electron chi connectivity index (χ1n) is 9.03. The van der Waals surface area contributed by atoms with E-state index >= 15 is 0 Å². The third-order valence-corrected chi connectivity index (χ3v) is 5.06. The zero-order valence-electron chi connectivity index (χ0n) is 16.2. The van der Waals surface area contributed by atoms with Crippen LogP contribution in [0.1, 0.15) is 24.8 Å². The molecule has 6 nitrogen and oxygen atoms in total. The fraction of sp³-hybridized carbons (Fsp3) is 0.250. The molecule has 0 spiro atoms. The predicted molar refractivity (Wildman–Crippen MR) is 118 cm³/mol. The normalized spacial score (nSPS) is 11.1. The number of esters is 1. The minimum atomic E-state index is -4.58. The Hall–Kier alpha value is -2.30. The van der Waals surface area contributed by atoms with E-state index in [2.05, 4.69) is 26.6 Å². The summed E-state index contributed by atoms with van der Waals surface area (Å²) in [5, 5.41) is 5.01. The molecule has 0 aliphatic rings. The van der Waals surface area contributed by atoms with E-state index in [1.807, 2.05) is 0 Å². The van der Waals surface area contributed by atoms with Gasteiger partial charge in [0.05, 0.1) is 27.0 Å². The Morgan fingerprint density at radius 2 is 1.59 bits per heavy atom. The second kappa shape index (κ2) is 11.5. The number of benzene rings is 2. The highest BCUT2D eigenvalue weighted by Gasteiger charge is 2.31. The van der Waals surface area contributed by atoms with E-state index < -0.39 is 36.1 Å². The number of hydrogen-bond donors (Lipinski definition) is 2. The van der Waals surface area contributed by atoms with Crippen LogP contribution in [0.25, 0.3) is 0 Å². The first-order chi connectivity index (χ1) is 15.0. The van der Waals surface area contributed by atoms with E-state index in [1.165, 1.54) is 0 Å². The van der Waals surface area contributed by atoms with Crippen molar-refractivity contribution in [1.82, 2.24) is 0 Å². The zero-order chi connectivity index (χ0) is 23.9. The summed E-state index contributed by atoms with van der Waals surface area (Å²) < 4.78 is 43.9. The van der Waals surface area contributed by atoms with Crippen molar-refractivity contribution in [2.45, 2.75) is 25.4 Å². The van der Waals surface area contributed by atoms with Gasteiger partial charge in [-0.2, -0.15) is 13.2 Å². The summed E-state index contributed by atoms with van der Waals surface area (Å²) in [6.45, 7) is -0.544. The van der Waals surface area contributed by atoms with Crippen molar-refractivity contribution in [2.24, 2.45) is 0 Å². The zero-order valence-corrected chi connectivity index (χ0v) is 19.3. The molecule has 0 unspecified atom stereocenters. The number of anilines is 2. The van der Waals surface area contributed by atoms with Gasteiger partial charge in [0.15, 0.2) is 6.61 Å². The van der Waals surface area contributed by atoms with E-state index in [1.54, 1.807) is 18.2 Å². The van der Waals surface area contributed by atoms with Gasteiger partial charge in [0.1, 0.15) is 0 Å². The van der Waals surface area contributed by atoms with Gasteiger partial charge in [-0.25, -0.2) is 0 Å². The van der Waals surface area contributed by atoms with Gasteiger partial charge in [0, 0.05) is 17.3 Å². The maximum Gasteiger partial charge on any atom is 0.416 e. The molecule has 0 saturated heterocycles. The Kier molecular flexibility index (Phi) is 9.35. The molecule has 2 aromatic rings. The van der Waals surface area contributed by atoms with Crippen LogP contribution in [0.4, 0.5) is 24.5 Å². The number of alkyl halides is 3. The predicted octanol–water partition coefficient (Wildman–Crippen LogP) is 6.07. The fourth-order valence-electron chi connectivity index (χ4n) is 2.40. The molecule has 0 radical (unpaired) electrons. The average Bonchev–Trinajstić information content (AvgIpc) is 2.69. The van der Waals surface area contributed by atoms with Gasteiger partial charge in [-0.05, 0) is 42.8 Å². The minimum absolute atomic E-state index is 0.0531. The van der Waals surface area contributed by atoms with Gasteiger partial charge < -0.3 is 15.4 Å². The summed E-state index contributed by atoms with van der Waals surface area (Å²) in [6, 6.07) is 7.39. The van der Waals surface area contributed by atoms with Crippen molar-refractivity contribution >= 4 is 68.3 Å². The number of carbonyl (C=O) groups excluding carboxylic acids is 3. The second-order valence-electron chi connectivity index (χ2n) is 6.43. The number of carbonyl (C=O) groups is 3. The van der Waals surface area contributed by atoms with Gasteiger partial charge in [-0.1, -0.05) is 39.1 Å². The highest BCUT2D eigenvalue weighted by molar-refractivity contribution is 9.10. The Morgan fingerprint density at radius 1 is 0.906 bits per heavy atom. The standard InChI is InChI=1S/C20H16BrCl2F3N2O4/c21-12-5-7-15(14(23)9-12)27-18(30)10-32-19(31)3-1-2-17(29)28-16-8-11(20(24,25)26)4-6-13(16)22/h4-9H,1-3,10H2,(H,27,30)(H,28,29). The van der Waals surface area contributed by atoms with Crippen molar-refractivity contribution in [3.63, 3.8) is 0 Å². The average molecular weight is 556 g/mol. The Morgan fingerprint density at radius 3 is 2.25 bits per heavy atom. The monoisotopic (exact) mass is 554 g/mol. The summed E-state index contributed by atoms with van der Waals surface area (Å²) in [5.74, 6) is -1.94. The highest BCUT2D eigenvalue weighted by atomic mass is 79.9. The lowest BCUT2D eigenvalue weighted by molar-refractivity contribution is -0.147. The van der Waals surface area contributed by atoms with Crippen LogP contribution in [0.2, 0.25) is 10.0 Å². The molecule has 0 heterocycles. The van der Waals surface area contributed by atoms with Crippen molar-refractivity contribution in [1.29, 1.82) is 0 Å². The molecular formula is C20H16BrCl2F3N2O4. The van der Waals surface area contributed by atoms with Gasteiger partial charge >= 0.3 is 12.1 Å². The second-order valence-corrected chi connectivity index (χ2v) is 8.16. The molecule has 0 atom stereocenters. The molecule has 32 heavy (non-hydrogen) atoms. The van der Waals surface area contributed by atoms with Crippen molar-refractivity contribution in [3.05, 3.63) is 56.5 Å². The molecule has 0 saturated carbocycles. The first-order valence-corrected chi connectivity index (χ1v) is 10.6. The highest BCUT2D eigenvalue weighted by Crippen LogP contribution is 2.34. The Bertz CT molecular complexity index is 1020. The van der Waals surface area contributed by atoms with E-state index in [0.29, 0.717) is 10.7 Å². The van der Waals surface area contributed by atoms with Crippen LogP contribution < -0.4 is 10.6 Å². The van der Waals surface area contributed by atoms with Crippen LogP contribution in [0.15, 0.2) is 40.9 Å². The molecule has 2 rings (SSSR count). The molecule has 2 aromatic carbocycles. The van der Waals surface area contributed by atoms with E-state index in [0.717, 1.165) is 22.7 Å². The van der Waals surface area contributed by atoms with E-state index in [9.17, 15) is 27.6 Å². The lowest BCUT2D eigenvalue weighted by Gasteiger charge is -2.11. The van der Waals surface area contributed by atoms with Gasteiger partial charge in [0.25, 0.3) is 5.91 Å². The summed E-state index contributed by atoms with van der Waals surface area (Å²) in [7, 11) is 0. The van der Waals surface area contributed by atoms with E-state index in [-0.39, 0.29) is 30.0 Å². The lowest BCUT2D eigenvalue weighted by Crippen LogP contribution is -2.21. The van der Waals surface area contributed by atoms with Crippen LogP contribution in [0.5, 0.6) is 0 Å². The molecule has 0 aliphatic heterocycles. The molecular weight excluding hydrogens is 540 g/mol. The molecule has 0 fully saturated rings. The molecule has 2 amide bonds. The first kappa shape index (κ1) is 26.0. The molecule has 0 aliphatic carbocycles. The number of amides is 2. The summed E-state index contributed by atoms with van der Waals surface area (Å²) in [5.41, 5.74) is -0.790. The maximum atomic E-state index is 12.8. The molecule has 12 heteroatoms. The largest absolute Gasteiger partial charge is 0.456 e. The smallest absolute Gasteiger partial charge is 0.416 e. The number of hydrogen-bond acceptors (Lipinski definition) is 4. The molecule has 0 aromatic heterocycles. The van der Waals surface area contributed by atoms with Gasteiger partial charge in [-0.3, -0.25) is 14.4 Å². The SMILES string of the molecule is O=C(CCCC(=O)OCC(=O)Nc1ccc(Br)cc1Cl)Nc1cc(C(F)(F)F)ccc1Cl. The summed E-state index contributed by atoms with van der Waals surface area (Å²) >= 11 is 15.0. The van der Waals surface area contributed by atoms with Crippen LogP contribution in [0, 0.1) is 0 Å². The van der Waals surface area contributed by atoms with Crippen LogP contribution in [-0.4, -0.2) is 24.4 Å². The fourth-order valence-corrected chi connectivity index (χ4v) is 3.28. The minimum Gasteiger partial charge on any atom is -0.456 e. The van der Waals surface area contributed by atoms with Crippen LogP contribution in [-0.2, 0) is 25.3 Å². The van der Waals surface area contributed by atoms with Crippen LogP contribution >= 0.6 is 39.1 Å². The topological polar surface area (TPSA) is 84.5 Å². The van der Waals surface area contributed by atoms with Gasteiger partial charge in [-0.15, -0.1) is 0 Å². The number of rotatable bonds is 8. The summed E-state index contributed by atoms with van der Waals surface area (Å²) in [6.07, 6.45) is -4.86. The summed E-state index contributed by atoms with van der Waals surface area (Å²) in [4.78, 5) is 35.6. The quantitative estimate of drug-likeness (QED) is 0.387. The Labute approximate surface area is 199 Å². The van der Waals surface area contributed by atoms with Crippen LogP contribution in [0.3, 0.4) is 0 Å². The van der Waals surface area contributed by atoms with Crippen molar-refractivity contribution < 1.29 is 32.3 Å².